The number of nitrogens with zero attached hydrogens (tertiary/aromatic N) is 3. The fourth-order valence-electron chi connectivity index (χ4n) is 2.51. The molecule has 1 aliphatic heterocycles. The average Bonchev–Trinajstić information content (AvgIpc) is 3.00. The Morgan fingerprint density at radius 3 is 2.59 bits per heavy atom. The third kappa shape index (κ3) is 3.04. The molecule has 0 amide bonds. The van der Waals surface area contributed by atoms with Crippen LogP contribution in [0.1, 0.15) is 6.92 Å². The van der Waals surface area contributed by atoms with Crippen molar-refractivity contribution in [2.45, 2.75) is 30.0 Å². The van der Waals surface area contributed by atoms with E-state index in [9.17, 15) is 13.5 Å². The Bertz CT molecular complexity index is 759. The van der Waals surface area contributed by atoms with E-state index in [4.69, 9.17) is 0 Å². The highest BCUT2D eigenvalue weighted by atomic mass is 32.2. The van der Waals surface area contributed by atoms with Crippen LogP contribution >= 0.6 is 11.8 Å². The van der Waals surface area contributed by atoms with Gasteiger partial charge in [0.2, 0.25) is 0 Å². The topological polar surface area (TPSA) is 85.1 Å². The largest absolute Gasteiger partial charge is 0.391 e. The molecule has 1 aromatic carbocycles. The molecular weight excluding hydrogens is 322 g/mol. The molecule has 0 radical (unpaired) electrons. The predicted molar refractivity (Wildman–Crippen MR) is 85.4 cm³/mol. The number of aliphatic hydroxyl groups excluding tert-OH is 1. The van der Waals surface area contributed by atoms with Crippen LogP contribution < -0.4 is 0 Å². The van der Waals surface area contributed by atoms with Crippen LogP contribution in [0.15, 0.2) is 35.5 Å². The second-order valence-electron chi connectivity index (χ2n) is 5.22. The summed E-state index contributed by atoms with van der Waals surface area (Å²) < 4.78 is 25.2. The van der Waals surface area contributed by atoms with Crippen LogP contribution in [0.2, 0.25) is 0 Å². The molecule has 0 aliphatic carbocycles. The second kappa shape index (κ2) is 6.02. The highest BCUT2D eigenvalue weighted by Gasteiger charge is 2.38. The first kappa shape index (κ1) is 15.5. The second-order valence-corrected chi connectivity index (χ2v) is 8.58. The smallest absolute Gasteiger partial charge is 0.191 e. The Hall–Kier alpha value is -1.38. The number of aliphatic hydroxyl groups is 1. The molecule has 8 heteroatoms. The summed E-state index contributed by atoms with van der Waals surface area (Å²) in [6, 6.07) is 9.72. The van der Waals surface area contributed by atoms with Crippen LogP contribution in [-0.2, 0) is 16.4 Å². The summed E-state index contributed by atoms with van der Waals surface area (Å²) in [6.45, 7) is 2.66. The number of hydrogen-bond donors (Lipinski definition) is 1. The summed E-state index contributed by atoms with van der Waals surface area (Å²) in [5.74, 6) is 0.563. The van der Waals surface area contributed by atoms with E-state index in [0.717, 1.165) is 11.4 Å². The third-order valence-corrected chi connectivity index (χ3v) is 6.82. The maximum atomic E-state index is 11.6. The van der Waals surface area contributed by atoms with E-state index in [0.29, 0.717) is 11.7 Å². The molecule has 1 saturated heterocycles. The summed E-state index contributed by atoms with van der Waals surface area (Å²) in [5.41, 5.74) is 0.961. The van der Waals surface area contributed by atoms with Crippen molar-refractivity contribution in [2.24, 2.45) is 0 Å². The van der Waals surface area contributed by atoms with Gasteiger partial charge in [0.1, 0.15) is 0 Å². The molecule has 2 aromatic rings. The number of benzene rings is 1. The molecule has 1 aliphatic rings. The Morgan fingerprint density at radius 1 is 1.27 bits per heavy atom. The van der Waals surface area contributed by atoms with Crippen LogP contribution in [-0.4, -0.2) is 51.1 Å². The quantitative estimate of drug-likeness (QED) is 0.901. The summed E-state index contributed by atoms with van der Waals surface area (Å²) in [6.07, 6.45) is -0.850. The summed E-state index contributed by atoms with van der Waals surface area (Å²) in [4.78, 5) is 0. The van der Waals surface area contributed by atoms with Crippen molar-refractivity contribution < 1.29 is 13.5 Å². The number of sulfone groups is 1. The molecular formula is C14H17N3O3S2. The van der Waals surface area contributed by atoms with Gasteiger partial charge in [-0.05, 0) is 6.92 Å². The first-order valence-electron chi connectivity index (χ1n) is 7.04. The predicted octanol–water partition coefficient (Wildman–Crippen LogP) is 1.22. The van der Waals surface area contributed by atoms with Crippen molar-refractivity contribution in [1.29, 1.82) is 0 Å². The van der Waals surface area contributed by atoms with Crippen LogP contribution in [0.3, 0.4) is 0 Å². The SMILES string of the molecule is CCn1c(S[C@H]2CS(=O)(=O)C[C@@H]2O)nnc1-c1ccccc1. The summed E-state index contributed by atoms with van der Waals surface area (Å²) in [5, 5.41) is 18.6. The lowest BCUT2D eigenvalue weighted by atomic mass is 10.2. The molecule has 1 fully saturated rings. The minimum absolute atomic E-state index is 0.0178. The maximum absolute atomic E-state index is 11.6. The first-order valence-corrected chi connectivity index (χ1v) is 9.74. The fraction of sp³-hybridized carbons (Fsp3) is 0.429. The summed E-state index contributed by atoms with van der Waals surface area (Å²) in [7, 11) is -3.16. The van der Waals surface area contributed by atoms with Crippen molar-refractivity contribution in [2.75, 3.05) is 11.5 Å². The lowest BCUT2D eigenvalue weighted by Crippen LogP contribution is -2.20. The minimum Gasteiger partial charge on any atom is -0.391 e. The molecule has 3 rings (SSSR count). The van der Waals surface area contributed by atoms with Crippen molar-refractivity contribution in [3.8, 4) is 11.4 Å². The van der Waals surface area contributed by atoms with Crippen molar-refractivity contribution in [3.05, 3.63) is 30.3 Å². The third-order valence-electron chi connectivity index (χ3n) is 3.59. The minimum atomic E-state index is -3.16. The Morgan fingerprint density at radius 2 is 2.00 bits per heavy atom. The van der Waals surface area contributed by atoms with Gasteiger partial charge in [-0.15, -0.1) is 10.2 Å². The number of aromatic nitrogens is 3. The van der Waals surface area contributed by atoms with Gasteiger partial charge in [-0.25, -0.2) is 8.42 Å². The van der Waals surface area contributed by atoms with Gasteiger partial charge in [0.05, 0.1) is 22.9 Å². The Balaban J connectivity index is 1.88. The Kier molecular flexibility index (Phi) is 4.24. The van der Waals surface area contributed by atoms with Crippen LogP contribution in [0, 0.1) is 0 Å². The molecule has 0 spiro atoms. The molecule has 1 aromatic heterocycles. The van der Waals surface area contributed by atoms with E-state index < -0.39 is 15.9 Å². The van der Waals surface area contributed by atoms with Gasteiger partial charge in [-0.3, -0.25) is 0 Å². The van der Waals surface area contributed by atoms with Gasteiger partial charge in [0.25, 0.3) is 0 Å². The molecule has 0 saturated carbocycles. The molecule has 0 bridgehead atoms. The number of hydrogen-bond acceptors (Lipinski definition) is 6. The monoisotopic (exact) mass is 339 g/mol. The van der Waals surface area contributed by atoms with Crippen molar-refractivity contribution in [1.82, 2.24) is 14.8 Å². The maximum Gasteiger partial charge on any atom is 0.191 e. The zero-order chi connectivity index (χ0) is 15.7. The lowest BCUT2D eigenvalue weighted by molar-refractivity contribution is 0.207. The van der Waals surface area contributed by atoms with E-state index in [1.54, 1.807) is 0 Å². The molecule has 0 unspecified atom stereocenters. The molecule has 22 heavy (non-hydrogen) atoms. The van der Waals surface area contributed by atoms with E-state index >= 15 is 0 Å². The van der Waals surface area contributed by atoms with Gasteiger partial charge < -0.3 is 9.67 Å². The van der Waals surface area contributed by atoms with Gasteiger partial charge in [-0.2, -0.15) is 0 Å². The van der Waals surface area contributed by atoms with Gasteiger partial charge >= 0.3 is 0 Å². The average molecular weight is 339 g/mol. The van der Waals surface area contributed by atoms with Crippen LogP contribution in [0.5, 0.6) is 0 Å². The van der Waals surface area contributed by atoms with E-state index in [1.165, 1.54) is 11.8 Å². The van der Waals surface area contributed by atoms with Gasteiger partial charge in [0, 0.05) is 12.1 Å². The molecule has 2 atom stereocenters. The standard InChI is InChI=1S/C14H17N3O3S2/c1-2-17-13(10-6-4-3-5-7-10)15-16-14(17)21-12-9-22(19,20)8-11(12)18/h3-7,11-12,18H,2,8-9H2,1H3/t11-,12-/m0/s1. The number of thioether (sulfide) groups is 1. The molecule has 118 valence electrons. The molecule has 2 heterocycles. The van der Waals surface area contributed by atoms with E-state index in [-0.39, 0.29) is 16.8 Å². The van der Waals surface area contributed by atoms with Crippen molar-refractivity contribution >= 4 is 21.6 Å². The zero-order valence-corrected chi connectivity index (χ0v) is 13.7. The molecule has 1 N–H and O–H groups in total. The highest BCUT2D eigenvalue weighted by molar-refractivity contribution is 8.01. The Labute approximate surface area is 133 Å². The van der Waals surface area contributed by atoms with E-state index in [2.05, 4.69) is 10.2 Å². The van der Waals surface area contributed by atoms with Crippen LogP contribution in [0.25, 0.3) is 11.4 Å². The van der Waals surface area contributed by atoms with Gasteiger partial charge in [0.15, 0.2) is 20.8 Å². The van der Waals surface area contributed by atoms with Gasteiger partial charge in [-0.1, -0.05) is 42.1 Å². The fourth-order valence-corrected chi connectivity index (χ4v) is 6.09. The first-order chi connectivity index (χ1) is 10.5. The lowest BCUT2D eigenvalue weighted by Gasteiger charge is -2.12. The molecule has 6 nitrogen and oxygen atoms in total. The van der Waals surface area contributed by atoms with E-state index in [1.807, 2.05) is 41.8 Å². The van der Waals surface area contributed by atoms with Crippen molar-refractivity contribution in [3.63, 3.8) is 0 Å². The number of rotatable bonds is 4. The zero-order valence-electron chi connectivity index (χ0n) is 12.1. The van der Waals surface area contributed by atoms with Crippen LogP contribution in [0.4, 0.5) is 0 Å². The highest BCUT2D eigenvalue weighted by Crippen LogP contribution is 2.32. The normalized spacial score (nSPS) is 23.7. The summed E-state index contributed by atoms with van der Waals surface area (Å²) >= 11 is 1.29.